The third-order valence-electron chi connectivity index (χ3n) is 5.19. The van der Waals surface area contributed by atoms with Gasteiger partial charge in [0.2, 0.25) is 15.9 Å². The van der Waals surface area contributed by atoms with Gasteiger partial charge in [0.15, 0.2) is 0 Å². The Bertz CT molecular complexity index is 794. The molecule has 1 aliphatic heterocycles. The van der Waals surface area contributed by atoms with Gasteiger partial charge >= 0.3 is 0 Å². The molecule has 7 nitrogen and oxygen atoms in total. The van der Waals surface area contributed by atoms with Crippen molar-refractivity contribution < 1.29 is 17.9 Å². The molecule has 26 heavy (non-hydrogen) atoms. The summed E-state index contributed by atoms with van der Waals surface area (Å²) in [5.41, 5.74) is 2.60. The van der Waals surface area contributed by atoms with Crippen molar-refractivity contribution in [2.24, 2.45) is 5.92 Å². The number of carbonyl (C=O) groups is 1. The quantitative estimate of drug-likeness (QED) is 0.804. The largest absolute Gasteiger partial charge is 0.480 e. The number of methoxy groups -OCH3 is 1. The number of pyridine rings is 1. The number of likely N-dealkylation sites (tertiary alicyclic amines) is 1. The number of nitrogens with one attached hydrogen (secondary N) is 1. The number of fused-ring (bicyclic) bond motifs is 1. The molecule has 0 radical (unpaired) electrons. The Morgan fingerprint density at radius 2 is 2.15 bits per heavy atom. The molecule has 1 saturated heterocycles. The first-order valence-corrected chi connectivity index (χ1v) is 11.0. The first kappa shape index (κ1) is 19.1. The molecule has 2 aliphatic rings. The van der Waals surface area contributed by atoms with Gasteiger partial charge in [-0.05, 0) is 43.2 Å². The van der Waals surface area contributed by atoms with Crippen LogP contribution in [0.2, 0.25) is 0 Å². The normalized spacial score (nSPS) is 22.5. The second-order valence-electron chi connectivity index (χ2n) is 7.26. The Morgan fingerprint density at radius 3 is 2.81 bits per heavy atom. The summed E-state index contributed by atoms with van der Waals surface area (Å²) in [6.07, 6.45) is 5.88. The van der Waals surface area contributed by atoms with Crippen LogP contribution in [0.1, 0.15) is 47.8 Å². The zero-order valence-corrected chi connectivity index (χ0v) is 16.4. The number of aromatic nitrogens is 1. The molecule has 1 amide bonds. The van der Waals surface area contributed by atoms with Gasteiger partial charge in [0.25, 0.3) is 5.91 Å². The van der Waals surface area contributed by atoms with Crippen LogP contribution < -0.4 is 9.46 Å². The van der Waals surface area contributed by atoms with Crippen molar-refractivity contribution in [2.75, 3.05) is 26.5 Å². The first-order valence-electron chi connectivity index (χ1n) is 9.15. The second kappa shape index (κ2) is 7.52. The summed E-state index contributed by atoms with van der Waals surface area (Å²) in [5.74, 6) is 0.345. The van der Waals surface area contributed by atoms with Crippen LogP contribution in [-0.2, 0) is 22.9 Å². The van der Waals surface area contributed by atoms with Crippen molar-refractivity contribution in [1.82, 2.24) is 14.6 Å². The average Bonchev–Trinajstić information content (AvgIpc) is 3.18. The van der Waals surface area contributed by atoms with Crippen molar-refractivity contribution in [2.45, 2.75) is 45.1 Å². The van der Waals surface area contributed by atoms with E-state index in [0.717, 1.165) is 49.6 Å². The van der Waals surface area contributed by atoms with Crippen LogP contribution in [0.15, 0.2) is 6.07 Å². The fourth-order valence-electron chi connectivity index (χ4n) is 4.04. The number of rotatable bonds is 6. The molecular weight excluding hydrogens is 354 g/mol. The fraction of sp³-hybridized carbons (Fsp3) is 0.667. The lowest BCUT2D eigenvalue weighted by Crippen LogP contribution is -2.40. The summed E-state index contributed by atoms with van der Waals surface area (Å²) in [7, 11) is -1.79. The van der Waals surface area contributed by atoms with Gasteiger partial charge in [-0.2, -0.15) is 0 Å². The third kappa shape index (κ3) is 4.01. The molecule has 1 aromatic rings. The van der Waals surface area contributed by atoms with E-state index in [9.17, 15) is 13.2 Å². The van der Waals surface area contributed by atoms with Gasteiger partial charge in [-0.1, -0.05) is 13.3 Å². The summed E-state index contributed by atoms with van der Waals surface area (Å²) in [5, 5.41) is 0. The monoisotopic (exact) mass is 381 g/mol. The van der Waals surface area contributed by atoms with Crippen LogP contribution in [0.3, 0.4) is 0 Å². The molecule has 0 saturated carbocycles. The fourth-order valence-corrected chi connectivity index (χ4v) is 4.86. The Kier molecular flexibility index (Phi) is 5.53. The SMILES string of the molecule is CCCC1CN(C(=O)c2cc3c(nc2OC)CCC3)CC1NS(C)(=O)=O. The molecule has 1 aliphatic carbocycles. The van der Waals surface area contributed by atoms with E-state index in [0.29, 0.717) is 24.5 Å². The molecule has 3 rings (SSSR count). The Hall–Kier alpha value is -1.67. The minimum atomic E-state index is -3.32. The van der Waals surface area contributed by atoms with Crippen molar-refractivity contribution in [3.05, 3.63) is 22.9 Å². The predicted octanol–water partition coefficient (Wildman–Crippen LogP) is 1.37. The van der Waals surface area contributed by atoms with Gasteiger partial charge in [0, 0.05) is 24.8 Å². The van der Waals surface area contributed by atoms with Crippen LogP contribution >= 0.6 is 0 Å². The first-order chi connectivity index (χ1) is 12.3. The van der Waals surface area contributed by atoms with Crippen molar-refractivity contribution >= 4 is 15.9 Å². The number of hydrogen-bond donors (Lipinski definition) is 1. The minimum Gasteiger partial charge on any atom is -0.480 e. The standard InChI is InChI=1S/C18H27N3O4S/c1-4-6-13-10-21(11-16(13)20-26(3,23)24)18(22)14-9-12-7-5-8-15(12)19-17(14)25-2/h9,13,16,20H,4-8,10-11H2,1-3H3. The average molecular weight is 381 g/mol. The molecular formula is C18H27N3O4S. The molecule has 2 unspecified atom stereocenters. The van der Waals surface area contributed by atoms with E-state index in [-0.39, 0.29) is 17.9 Å². The molecule has 2 heterocycles. The number of nitrogens with zero attached hydrogens (tertiary/aromatic N) is 2. The smallest absolute Gasteiger partial charge is 0.259 e. The zero-order valence-electron chi connectivity index (χ0n) is 15.6. The van der Waals surface area contributed by atoms with Gasteiger partial charge in [0.1, 0.15) is 5.56 Å². The lowest BCUT2D eigenvalue weighted by Gasteiger charge is -2.18. The second-order valence-corrected chi connectivity index (χ2v) is 9.04. The van der Waals surface area contributed by atoms with Crippen molar-refractivity contribution in [1.29, 1.82) is 0 Å². The summed E-state index contributed by atoms with van der Waals surface area (Å²) >= 11 is 0. The summed E-state index contributed by atoms with van der Waals surface area (Å²) in [4.78, 5) is 19.4. The van der Waals surface area contributed by atoms with Gasteiger partial charge in [-0.15, -0.1) is 0 Å². The molecule has 0 spiro atoms. The number of amides is 1. The van der Waals surface area contributed by atoms with Crippen LogP contribution in [0.5, 0.6) is 5.88 Å². The maximum Gasteiger partial charge on any atom is 0.259 e. The Balaban J connectivity index is 1.84. The highest BCUT2D eigenvalue weighted by Crippen LogP contribution is 2.30. The Labute approximate surface area is 155 Å². The van der Waals surface area contributed by atoms with E-state index in [1.807, 2.05) is 6.07 Å². The van der Waals surface area contributed by atoms with Gasteiger partial charge < -0.3 is 9.64 Å². The maximum atomic E-state index is 13.1. The number of carbonyl (C=O) groups excluding carboxylic acids is 1. The van der Waals surface area contributed by atoms with E-state index in [2.05, 4.69) is 16.6 Å². The van der Waals surface area contributed by atoms with Crippen LogP contribution in [0, 0.1) is 5.92 Å². The molecule has 2 atom stereocenters. The molecule has 144 valence electrons. The predicted molar refractivity (Wildman–Crippen MR) is 98.9 cm³/mol. The number of hydrogen-bond acceptors (Lipinski definition) is 5. The van der Waals surface area contributed by atoms with Gasteiger partial charge in [-0.3, -0.25) is 4.79 Å². The van der Waals surface area contributed by atoms with E-state index >= 15 is 0 Å². The van der Waals surface area contributed by atoms with Crippen LogP contribution in [0.25, 0.3) is 0 Å². The van der Waals surface area contributed by atoms with E-state index in [1.54, 1.807) is 4.90 Å². The van der Waals surface area contributed by atoms with E-state index < -0.39 is 10.0 Å². The van der Waals surface area contributed by atoms with Gasteiger partial charge in [0.05, 0.1) is 13.4 Å². The summed E-state index contributed by atoms with van der Waals surface area (Å²) in [6.45, 7) is 2.98. The molecule has 0 bridgehead atoms. The topological polar surface area (TPSA) is 88.6 Å². The summed E-state index contributed by atoms with van der Waals surface area (Å²) < 4.78 is 31.4. The highest BCUT2D eigenvalue weighted by Gasteiger charge is 2.37. The number of ether oxygens (including phenoxy) is 1. The third-order valence-corrected chi connectivity index (χ3v) is 5.92. The van der Waals surface area contributed by atoms with Gasteiger partial charge in [-0.25, -0.2) is 18.1 Å². The summed E-state index contributed by atoms with van der Waals surface area (Å²) in [6, 6.07) is 1.66. The lowest BCUT2D eigenvalue weighted by atomic mass is 9.99. The van der Waals surface area contributed by atoms with Crippen LogP contribution in [0.4, 0.5) is 0 Å². The molecule has 1 N–H and O–H groups in total. The van der Waals surface area contributed by atoms with Crippen LogP contribution in [-0.4, -0.2) is 56.7 Å². The zero-order chi connectivity index (χ0) is 18.9. The number of aryl methyl sites for hydroxylation is 2. The maximum absolute atomic E-state index is 13.1. The van der Waals surface area contributed by atoms with Crippen molar-refractivity contribution in [3.63, 3.8) is 0 Å². The molecule has 8 heteroatoms. The Morgan fingerprint density at radius 1 is 1.38 bits per heavy atom. The minimum absolute atomic E-state index is 0.118. The van der Waals surface area contributed by atoms with E-state index in [1.165, 1.54) is 7.11 Å². The van der Waals surface area contributed by atoms with E-state index in [4.69, 9.17) is 4.74 Å². The highest BCUT2D eigenvalue weighted by molar-refractivity contribution is 7.88. The lowest BCUT2D eigenvalue weighted by molar-refractivity contribution is 0.0780. The van der Waals surface area contributed by atoms with Crippen molar-refractivity contribution in [3.8, 4) is 5.88 Å². The molecule has 0 aromatic carbocycles. The highest BCUT2D eigenvalue weighted by atomic mass is 32.2. The number of sulfonamides is 1. The molecule has 1 aromatic heterocycles. The molecule has 1 fully saturated rings.